The average Bonchev–Trinajstić information content (AvgIpc) is 3.36. The van der Waals surface area contributed by atoms with E-state index < -0.39 is 6.03 Å². The Morgan fingerprint density at radius 1 is 1.29 bits per heavy atom. The Labute approximate surface area is 171 Å². The van der Waals surface area contributed by atoms with Crippen molar-refractivity contribution in [3.8, 4) is 0 Å². The first-order valence-corrected chi connectivity index (χ1v) is 11.2. The summed E-state index contributed by atoms with van der Waals surface area (Å²) >= 11 is 1.68. The minimum Gasteiger partial charge on any atom is -0.377 e. The molecule has 154 valence electrons. The number of amides is 3. The van der Waals surface area contributed by atoms with Crippen LogP contribution in [0.3, 0.4) is 0 Å². The third-order valence-electron chi connectivity index (χ3n) is 5.18. The van der Waals surface area contributed by atoms with Crippen molar-refractivity contribution < 1.29 is 14.3 Å². The van der Waals surface area contributed by atoms with Gasteiger partial charge in [-0.25, -0.2) is 4.79 Å². The highest BCUT2D eigenvalue weighted by atomic mass is 32.1. The second-order valence-corrected chi connectivity index (χ2v) is 8.58. The molecule has 1 saturated heterocycles. The van der Waals surface area contributed by atoms with Crippen LogP contribution in [0.1, 0.15) is 49.8 Å². The molecule has 0 saturated carbocycles. The van der Waals surface area contributed by atoms with Crippen LogP contribution in [0.25, 0.3) is 0 Å². The Hall–Kier alpha value is -1.70. The lowest BCUT2D eigenvalue weighted by Gasteiger charge is -2.24. The van der Waals surface area contributed by atoms with E-state index in [1.165, 1.54) is 23.3 Å². The van der Waals surface area contributed by atoms with Gasteiger partial charge in [-0.2, -0.15) is 0 Å². The molecule has 7 heteroatoms. The molecule has 2 heterocycles. The van der Waals surface area contributed by atoms with E-state index in [4.69, 9.17) is 4.74 Å². The van der Waals surface area contributed by atoms with Crippen molar-refractivity contribution in [3.05, 3.63) is 34.0 Å². The number of allylic oxidation sites excluding steroid dienone is 1. The first-order valence-electron chi connectivity index (χ1n) is 10.3. The van der Waals surface area contributed by atoms with Crippen LogP contribution < -0.4 is 10.6 Å². The number of carbonyl (C=O) groups is 2. The van der Waals surface area contributed by atoms with Gasteiger partial charge in [0.2, 0.25) is 5.91 Å². The summed E-state index contributed by atoms with van der Waals surface area (Å²) < 4.78 is 5.72. The summed E-state index contributed by atoms with van der Waals surface area (Å²) in [6, 6.07) is 3.67. The molecule has 6 nitrogen and oxygen atoms in total. The van der Waals surface area contributed by atoms with Gasteiger partial charge in [0, 0.05) is 31.1 Å². The first kappa shape index (κ1) is 21.0. The molecular weight excluding hydrogens is 374 g/mol. The number of imide groups is 1. The topological polar surface area (TPSA) is 70.7 Å². The van der Waals surface area contributed by atoms with E-state index in [9.17, 15) is 9.59 Å². The van der Waals surface area contributed by atoms with Crippen molar-refractivity contribution in [2.24, 2.45) is 0 Å². The van der Waals surface area contributed by atoms with Crippen molar-refractivity contribution in [1.29, 1.82) is 0 Å². The molecule has 1 atom stereocenters. The molecule has 1 fully saturated rings. The van der Waals surface area contributed by atoms with Crippen LogP contribution in [0, 0.1) is 0 Å². The van der Waals surface area contributed by atoms with Crippen molar-refractivity contribution in [1.82, 2.24) is 15.5 Å². The lowest BCUT2D eigenvalue weighted by molar-refractivity contribution is -0.121. The standard InChI is InChI=1S/C21H31N3O3S/c25-20(23-21(26)22-11-10-17-6-2-1-3-7-17)16-24(14-18-8-4-12-27-18)15-19-9-5-13-28-19/h5-6,9,13,18H,1-4,7-8,10-12,14-16H2,(H2,22,23,25,26). The maximum Gasteiger partial charge on any atom is 0.321 e. The molecule has 1 aromatic heterocycles. The molecule has 3 amide bonds. The van der Waals surface area contributed by atoms with Gasteiger partial charge in [-0.3, -0.25) is 15.0 Å². The molecule has 1 aliphatic heterocycles. The lowest BCUT2D eigenvalue weighted by Crippen LogP contribution is -2.45. The minimum atomic E-state index is -0.408. The number of carbonyl (C=O) groups excluding carboxylic acids is 2. The van der Waals surface area contributed by atoms with Gasteiger partial charge in [0.1, 0.15) is 0 Å². The van der Waals surface area contributed by atoms with Crippen molar-refractivity contribution in [2.45, 2.75) is 57.6 Å². The highest BCUT2D eigenvalue weighted by Gasteiger charge is 2.22. The number of urea groups is 1. The third-order valence-corrected chi connectivity index (χ3v) is 6.04. The summed E-state index contributed by atoms with van der Waals surface area (Å²) in [6.07, 6.45) is 10.2. The van der Waals surface area contributed by atoms with Gasteiger partial charge in [-0.05, 0) is 56.4 Å². The van der Waals surface area contributed by atoms with Crippen LogP contribution in [0.15, 0.2) is 29.2 Å². The van der Waals surface area contributed by atoms with E-state index >= 15 is 0 Å². The van der Waals surface area contributed by atoms with Crippen LogP contribution in [0.4, 0.5) is 4.79 Å². The molecule has 1 unspecified atom stereocenters. The van der Waals surface area contributed by atoms with Crippen molar-refractivity contribution >= 4 is 23.3 Å². The lowest BCUT2D eigenvalue weighted by atomic mass is 9.97. The van der Waals surface area contributed by atoms with Gasteiger partial charge < -0.3 is 10.1 Å². The summed E-state index contributed by atoms with van der Waals surface area (Å²) in [5.74, 6) is -0.274. The second kappa shape index (κ2) is 11.3. The molecule has 0 spiro atoms. The number of ether oxygens (including phenoxy) is 1. The van der Waals surface area contributed by atoms with E-state index in [0.717, 1.165) is 38.7 Å². The Morgan fingerprint density at radius 3 is 2.93 bits per heavy atom. The van der Waals surface area contributed by atoms with Crippen molar-refractivity contribution in [2.75, 3.05) is 26.2 Å². The summed E-state index contributed by atoms with van der Waals surface area (Å²) in [4.78, 5) is 27.7. The molecule has 2 N–H and O–H groups in total. The smallest absolute Gasteiger partial charge is 0.321 e. The van der Waals surface area contributed by atoms with Gasteiger partial charge >= 0.3 is 6.03 Å². The largest absolute Gasteiger partial charge is 0.377 e. The Bertz CT molecular complexity index is 654. The summed E-state index contributed by atoms with van der Waals surface area (Å²) in [7, 11) is 0. The fourth-order valence-corrected chi connectivity index (χ4v) is 4.51. The fourth-order valence-electron chi connectivity index (χ4n) is 3.77. The average molecular weight is 406 g/mol. The molecule has 0 radical (unpaired) electrons. The maximum atomic E-state index is 12.4. The summed E-state index contributed by atoms with van der Waals surface area (Å²) in [6.45, 7) is 2.96. The quantitative estimate of drug-likeness (QED) is 0.618. The van der Waals surface area contributed by atoms with Gasteiger partial charge in [0.15, 0.2) is 0 Å². The number of thiophene rings is 1. The van der Waals surface area contributed by atoms with E-state index in [0.29, 0.717) is 19.6 Å². The number of rotatable bonds is 9. The Balaban J connectivity index is 1.41. The van der Waals surface area contributed by atoms with Crippen LogP contribution >= 0.6 is 11.3 Å². The molecule has 2 aliphatic rings. The van der Waals surface area contributed by atoms with Crippen molar-refractivity contribution in [3.63, 3.8) is 0 Å². The van der Waals surface area contributed by atoms with Crippen LogP contribution in [0.2, 0.25) is 0 Å². The molecule has 1 aliphatic carbocycles. The Morgan fingerprint density at radius 2 is 2.21 bits per heavy atom. The summed E-state index contributed by atoms with van der Waals surface area (Å²) in [5, 5.41) is 7.30. The van der Waals surface area contributed by atoms with Gasteiger partial charge in [-0.15, -0.1) is 11.3 Å². The predicted molar refractivity (Wildman–Crippen MR) is 111 cm³/mol. The number of hydrogen-bond donors (Lipinski definition) is 2. The van der Waals surface area contributed by atoms with E-state index in [2.05, 4.69) is 27.7 Å². The molecule has 3 rings (SSSR count). The van der Waals surface area contributed by atoms with Crippen LogP contribution in [-0.2, 0) is 16.1 Å². The SMILES string of the molecule is O=C(CN(Cc1cccs1)CC1CCCO1)NC(=O)NCCC1=CCCCC1. The zero-order valence-corrected chi connectivity index (χ0v) is 17.3. The summed E-state index contributed by atoms with van der Waals surface area (Å²) in [5.41, 5.74) is 1.41. The number of nitrogens with one attached hydrogen (secondary N) is 2. The van der Waals surface area contributed by atoms with E-state index in [1.807, 2.05) is 11.4 Å². The van der Waals surface area contributed by atoms with Crippen LogP contribution in [-0.4, -0.2) is 49.2 Å². The zero-order chi connectivity index (χ0) is 19.6. The highest BCUT2D eigenvalue weighted by Crippen LogP contribution is 2.19. The highest BCUT2D eigenvalue weighted by molar-refractivity contribution is 7.09. The maximum absolute atomic E-state index is 12.4. The van der Waals surface area contributed by atoms with E-state index in [1.54, 1.807) is 11.3 Å². The minimum absolute atomic E-state index is 0.172. The third kappa shape index (κ3) is 7.37. The van der Waals surface area contributed by atoms with Gasteiger partial charge in [0.05, 0.1) is 12.6 Å². The number of hydrogen-bond acceptors (Lipinski definition) is 5. The normalized spacial score (nSPS) is 19.5. The molecule has 0 bridgehead atoms. The van der Waals surface area contributed by atoms with E-state index in [-0.39, 0.29) is 18.6 Å². The van der Waals surface area contributed by atoms with Gasteiger partial charge in [-0.1, -0.05) is 17.7 Å². The molecule has 1 aromatic rings. The fraction of sp³-hybridized carbons (Fsp3) is 0.619. The predicted octanol–water partition coefficient (Wildman–Crippen LogP) is 3.45. The molecular formula is C21H31N3O3S. The van der Waals surface area contributed by atoms with Crippen LogP contribution in [0.5, 0.6) is 0 Å². The van der Waals surface area contributed by atoms with Gasteiger partial charge in [0.25, 0.3) is 0 Å². The molecule has 0 aromatic carbocycles. The zero-order valence-electron chi connectivity index (χ0n) is 16.5. The second-order valence-electron chi connectivity index (χ2n) is 7.55. The Kier molecular flexibility index (Phi) is 8.51. The first-order chi connectivity index (χ1) is 13.7. The number of nitrogens with zero attached hydrogens (tertiary/aromatic N) is 1. The molecule has 28 heavy (non-hydrogen) atoms. The monoisotopic (exact) mass is 405 g/mol.